The lowest BCUT2D eigenvalue weighted by molar-refractivity contribution is 0.134. The Hall–Kier alpha value is -1.85. The van der Waals surface area contributed by atoms with E-state index in [0.29, 0.717) is 19.8 Å². The van der Waals surface area contributed by atoms with Gasteiger partial charge in [-0.25, -0.2) is 4.79 Å². The predicted molar refractivity (Wildman–Crippen MR) is 96.5 cm³/mol. The van der Waals surface area contributed by atoms with Gasteiger partial charge in [-0.05, 0) is 48.7 Å². The van der Waals surface area contributed by atoms with Crippen LogP contribution in [0.15, 0.2) is 46.9 Å². The van der Waals surface area contributed by atoms with E-state index in [0.717, 1.165) is 26.9 Å². The number of rotatable bonds is 6. The van der Waals surface area contributed by atoms with Crippen molar-refractivity contribution in [1.82, 2.24) is 5.32 Å². The monoisotopic (exact) mass is 376 g/mol. The molecule has 0 bridgehead atoms. The predicted octanol–water partition coefficient (Wildman–Crippen LogP) is 4.62. The van der Waals surface area contributed by atoms with Crippen molar-refractivity contribution in [1.29, 1.82) is 0 Å². The van der Waals surface area contributed by atoms with Crippen molar-refractivity contribution in [2.75, 3.05) is 11.9 Å². The van der Waals surface area contributed by atoms with Gasteiger partial charge in [0.2, 0.25) is 0 Å². The summed E-state index contributed by atoms with van der Waals surface area (Å²) in [6.07, 6.45) is 0. The van der Waals surface area contributed by atoms with Gasteiger partial charge in [0.25, 0.3) is 0 Å². The average molecular weight is 377 g/mol. The second-order valence-electron chi connectivity index (χ2n) is 5.23. The Morgan fingerprint density at radius 1 is 1.13 bits per heavy atom. The summed E-state index contributed by atoms with van der Waals surface area (Å²) in [5.41, 5.74) is 4.03. The summed E-state index contributed by atoms with van der Waals surface area (Å²) >= 11 is 3.44. The van der Waals surface area contributed by atoms with Crippen LogP contribution in [0.5, 0.6) is 0 Å². The molecule has 0 radical (unpaired) electrons. The summed E-state index contributed by atoms with van der Waals surface area (Å²) in [5.74, 6) is 0. The van der Waals surface area contributed by atoms with Gasteiger partial charge in [0, 0.05) is 23.3 Å². The minimum absolute atomic E-state index is 0.217. The van der Waals surface area contributed by atoms with Crippen molar-refractivity contribution in [2.45, 2.75) is 27.0 Å². The van der Waals surface area contributed by atoms with Crippen molar-refractivity contribution in [3.63, 3.8) is 0 Å². The molecule has 0 aromatic heterocycles. The first-order valence-corrected chi connectivity index (χ1v) is 8.34. The Balaban J connectivity index is 1.82. The van der Waals surface area contributed by atoms with E-state index in [1.54, 1.807) is 0 Å². The molecule has 2 aromatic rings. The zero-order valence-electron chi connectivity index (χ0n) is 13.4. The van der Waals surface area contributed by atoms with E-state index in [1.165, 1.54) is 0 Å². The largest absolute Gasteiger partial charge is 0.377 e. The van der Waals surface area contributed by atoms with Gasteiger partial charge in [-0.15, -0.1) is 0 Å². The quantitative estimate of drug-likeness (QED) is 0.772. The zero-order chi connectivity index (χ0) is 16.7. The second-order valence-corrected chi connectivity index (χ2v) is 6.08. The summed E-state index contributed by atoms with van der Waals surface area (Å²) in [4.78, 5) is 11.9. The number of hydrogen-bond donors (Lipinski definition) is 2. The maximum absolute atomic E-state index is 11.9. The van der Waals surface area contributed by atoms with Gasteiger partial charge < -0.3 is 15.4 Å². The molecule has 2 N–H and O–H groups in total. The molecule has 0 saturated heterocycles. The smallest absolute Gasteiger partial charge is 0.319 e. The number of halogens is 1. The first kappa shape index (κ1) is 17.5. The summed E-state index contributed by atoms with van der Waals surface area (Å²) in [6.45, 7) is 5.77. The molecule has 0 aliphatic heterocycles. The van der Waals surface area contributed by atoms with Gasteiger partial charge in [-0.3, -0.25) is 0 Å². The highest BCUT2D eigenvalue weighted by molar-refractivity contribution is 9.10. The van der Waals surface area contributed by atoms with Crippen LogP contribution in [0, 0.1) is 6.92 Å². The molecule has 0 atom stereocenters. The number of carbonyl (C=O) groups excluding carboxylic acids is 1. The second kappa shape index (κ2) is 8.70. The maximum atomic E-state index is 11.9. The Labute approximate surface area is 145 Å². The SMILES string of the molecule is CCOCc1ccc(CNC(=O)Nc2ccc(Br)c(C)c2)cc1. The molecular formula is C18H21BrN2O2. The highest BCUT2D eigenvalue weighted by atomic mass is 79.9. The number of carbonyl (C=O) groups is 1. The van der Waals surface area contributed by atoms with Crippen LogP contribution in [0.3, 0.4) is 0 Å². The first-order valence-electron chi connectivity index (χ1n) is 7.55. The van der Waals surface area contributed by atoms with E-state index in [-0.39, 0.29) is 6.03 Å². The van der Waals surface area contributed by atoms with Crippen LogP contribution < -0.4 is 10.6 Å². The molecule has 2 rings (SSSR count). The number of nitrogens with one attached hydrogen (secondary N) is 2. The molecule has 4 nitrogen and oxygen atoms in total. The minimum Gasteiger partial charge on any atom is -0.377 e. The summed E-state index contributed by atoms with van der Waals surface area (Å²) in [5, 5.41) is 5.68. The highest BCUT2D eigenvalue weighted by Gasteiger charge is 2.03. The number of urea groups is 1. The van der Waals surface area contributed by atoms with Gasteiger partial charge in [0.05, 0.1) is 6.61 Å². The normalized spacial score (nSPS) is 10.4. The summed E-state index contributed by atoms with van der Waals surface area (Å²) < 4.78 is 6.38. The minimum atomic E-state index is -0.217. The van der Waals surface area contributed by atoms with E-state index in [1.807, 2.05) is 56.3 Å². The molecule has 0 saturated carbocycles. The molecule has 0 unspecified atom stereocenters. The molecule has 0 aliphatic rings. The number of anilines is 1. The van der Waals surface area contributed by atoms with Crippen molar-refractivity contribution >= 4 is 27.6 Å². The molecule has 122 valence electrons. The standard InChI is InChI=1S/C18H21BrN2O2/c1-3-23-12-15-6-4-14(5-7-15)11-20-18(22)21-16-8-9-17(19)13(2)10-16/h4-10H,3,11-12H2,1-2H3,(H2,20,21,22). The lowest BCUT2D eigenvalue weighted by atomic mass is 10.1. The zero-order valence-corrected chi connectivity index (χ0v) is 14.9. The lowest BCUT2D eigenvalue weighted by Crippen LogP contribution is -2.28. The van der Waals surface area contributed by atoms with Crippen LogP contribution >= 0.6 is 15.9 Å². The third kappa shape index (κ3) is 5.69. The maximum Gasteiger partial charge on any atom is 0.319 e. The van der Waals surface area contributed by atoms with Crippen molar-refractivity contribution < 1.29 is 9.53 Å². The van der Waals surface area contributed by atoms with Gasteiger partial charge >= 0.3 is 6.03 Å². The van der Waals surface area contributed by atoms with Crippen LogP contribution in [-0.4, -0.2) is 12.6 Å². The van der Waals surface area contributed by atoms with Crippen molar-refractivity contribution in [3.05, 3.63) is 63.6 Å². The first-order chi connectivity index (χ1) is 11.1. The number of aryl methyl sites for hydroxylation is 1. The molecule has 23 heavy (non-hydrogen) atoms. The molecule has 0 fully saturated rings. The molecule has 0 spiro atoms. The summed E-state index contributed by atoms with van der Waals surface area (Å²) in [6, 6.07) is 13.5. The highest BCUT2D eigenvalue weighted by Crippen LogP contribution is 2.19. The van der Waals surface area contributed by atoms with E-state index in [9.17, 15) is 4.79 Å². The fourth-order valence-electron chi connectivity index (χ4n) is 2.05. The van der Waals surface area contributed by atoms with E-state index >= 15 is 0 Å². The van der Waals surface area contributed by atoms with E-state index in [4.69, 9.17) is 4.74 Å². The van der Waals surface area contributed by atoms with Gasteiger partial charge in [-0.2, -0.15) is 0 Å². The Morgan fingerprint density at radius 3 is 2.48 bits per heavy atom. The lowest BCUT2D eigenvalue weighted by Gasteiger charge is -2.09. The summed E-state index contributed by atoms with van der Waals surface area (Å²) in [7, 11) is 0. The number of hydrogen-bond acceptors (Lipinski definition) is 2. The Bertz CT molecular complexity index is 657. The van der Waals surface area contributed by atoms with Crippen LogP contribution in [0.1, 0.15) is 23.6 Å². The fraction of sp³-hybridized carbons (Fsp3) is 0.278. The number of amides is 2. The average Bonchev–Trinajstić information content (AvgIpc) is 2.55. The van der Waals surface area contributed by atoms with E-state index in [2.05, 4.69) is 26.6 Å². The van der Waals surface area contributed by atoms with Crippen LogP contribution in [0.2, 0.25) is 0 Å². The topological polar surface area (TPSA) is 50.4 Å². The van der Waals surface area contributed by atoms with Crippen LogP contribution in [0.25, 0.3) is 0 Å². The van der Waals surface area contributed by atoms with Gasteiger partial charge in [0.15, 0.2) is 0 Å². The Kier molecular flexibility index (Phi) is 6.62. The molecule has 0 aliphatic carbocycles. The van der Waals surface area contributed by atoms with E-state index < -0.39 is 0 Å². The number of benzene rings is 2. The van der Waals surface area contributed by atoms with Crippen molar-refractivity contribution in [3.8, 4) is 0 Å². The van der Waals surface area contributed by atoms with Gasteiger partial charge in [-0.1, -0.05) is 40.2 Å². The molecule has 0 heterocycles. The van der Waals surface area contributed by atoms with Crippen LogP contribution in [0.4, 0.5) is 10.5 Å². The Morgan fingerprint density at radius 2 is 1.83 bits per heavy atom. The van der Waals surface area contributed by atoms with Gasteiger partial charge in [0.1, 0.15) is 0 Å². The third-order valence-corrected chi connectivity index (χ3v) is 4.25. The third-order valence-electron chi connectivity index (χ3n) is 3.36. The number of ether oxygens (including phenoxy) is 1. The molecule has 2 amide bonds. The van der Waals surface area contributed by atoms with Crippen LogP contribution in [-0.2, 0) is 17.9 Å². The fourth-order valence-corrected chi connectivity index (χ4v) is 2.30. The molecule has 5 heteroatoms. The molecule has 2 aromatic carbocycles. The van der Waals surface area contributed by atoms with Crippen molar-refractivity contribution in [2.24, 2.45) is 0 Å². The molecular weight excluding hydrogens is 356 g/mol.